The summed E-state index contributed by atoms with van der Waals surface area (Å²) in [5.74, 6) is -5.83. The van der Waals surface area contributed by atoms with E-state index in [2.05, 4.69) is 16.0 Å². The molecule has 4 rings (SSSR count). The lowest BCUT2D eigenvalue weighted by Gasteiger charge is -2.41. The molecule has 0 bridgehead atoms. The summed E-state index contributed by atoms with van der Waals surface area (Å²) < 4.78 is 28.6. The van der Waals surface area contributed by atoms with Gasteiger partial charge >= 0.3 is 12.1 Å². The van der Waals surface area contributed by atoms with Crippen molar-refractivity contribution in [1.29, 1.82) is 0 Å². The number of benzene rings is 2. The van der Waals surface area contributed by atoms with Crippen LogP contribution in [0.3, 0.4) is 0 Å². The Morgan fingerprint density at radius 2 is 1.51 bits per heavy atom. The van der Waals surface area contributed by atoms with Crippen LogP contribution in [0.4, 0.5) is 10.5 Å². The van der Waals surface area contributed by atoms with Crippen LogP contribution in [-0.2, 0) is 54.3 Å². The van der Waals surface area contributed by atoms with Crippen LogP contribution in [-0.4, -0.2) is 196 Å². The number of likely N-dealkylation sites (N-methyl/N-ethyl adjacent to an activating group) is 2. The van der Waals surface area contributed by atoms with Crippen molar-refractivity contribution in [3.05, 3.63) is 59.7 Å². The zero-order chi connectivity index (χ0) is 59.9. The molecule has 2 aliphatic rings. The quantitative estimate of drug-likeness (QED) is 0.0589. The molecule has 10 N–H and O–H groups in total. The Bertz CT molecular complexity index is 2380. The summed E-state index contributed by atoms with van der Waals surface area (Å²) in [5, 5.41) is 59.8. The fraction of sp³-hybridized carbons (Fsp3) is 0.661. The average molecular weight is 1130 g/mol. The fourth-order valence-electron chi connectivity index (χ4n) is 10.4. The molecule has 2 aliphatic heterocycles. The number of aliphatic hydroxyl groups is 4. The maximum atomic E-state index is 14.7. The highest BCUT2D eigenvalue weighted by Crippen LogP contribution is 2.33. The van der Waals surface area contributed by atoms with Gasteiger partial charge in [-0.15, -0.1) is 0 Å². The van der Waals surface area contributed by atoms with Crippen molar-refractivity contribution >= 4 is 47.3 Å². The number of carbonyl (C=O) groups excluding carboxylic acids is 6. The lowest BCUT2D eigenvalue weighted by molar-refractivity contribution is -0.271. The molecule has 0 saturated carbocycles. The Morgan fingerprint density at radius 1 is 0.850 bits per heavy atom. The van der Waals surface area contributed by atoms with Gasteiger partial charge in [-0.3, -0.25) is 28.9 Å². The second-order valence-corrected chi connectivity index (χ2v) is 21.6. The molecule has 2 aromatic rings. The minimum absolute atomic E-state index is 0.0190. The molecule has 448 valence electrons. The molecule has 2 saturated heterocycles. The number of hydrogen-bond acceptors (Lipinski definition) is 17. The Kier molecular flexibility index (Phi) is 25.5. The molecule has 24 nitrogen and oxygen atoms in total. The predicted octanol–water partition coefficient (Wildman–Crippen LogP) is 2.14. The number of nitrogens with one attached hydrogen (secondary N) is 3. The van der Waals surface area contributed by atoms with E-state index >= 15 is 0 Å². The summed E-state index contributed by atoms with van der Waals surface area (Å²) in [6.07, 6.45) is -11.3. The number of nitrogens with two attached hydrogens (primary N) is 1. The van der Waals surface area contributed by atoms with Gasteiger partial charge in [0, 0.05) is 47.8 Å². The number of anilines is 1. The molecule has 2 fully saturated rings. The molecule has 5 unspecified atom stereocenters. The maximum Gasteiger partial charge on any atom is 0.410 e. The SMILES string of the molecule is CC[C@H](C)[C@@H]([C@@H](CC(=O)N1CCC[C@H]1[C@H](OC)[C@@H](C)C(=O)N[C@H](C)[C@@H](O)c1ccccc1)OC)N(C)C(=O)[C@@H](NC(=O)[C@H](C(C)C)N(C)C(=O)OCc1ccc(OC2OC(C(=O)O)C(O)C(O)C2O)c(NC(=O)CCN)c1)C(C)C. The fourth-order valence-corrected chi connectivity index (χ4v) is 10.4. The summed E-state index contributed by atoms with van der Waals surface area (Å²) in [4.78, 5) is 99.7. The van der Waals surface area contributed by atoms with Crippen LogP contribution in [0.15, 0.2) is 48.5 Å². The molecule has 0 aromatic heterocycles. The van der Waals surface area contributed by atoms with Crippen molar-refractivity contribution in [2.75, 3.05) is 46.7 Å². The van der Waals surface area contributed by atoms with Crippen molar-refractivity contribution in [2.24, 2.45) is 29.4 Å². The van der Waals surface area contributed by atoms with Gasteiger partial charge in [0.2, 0.25) is 35.8 Å². The summed E-state index contributed by atoms with van der Waals surface area (Å²) in [6, 6.07) is 9.20. The molecule has 6 amide bonds. The molecule has 2 aromatic carbocycles. The van der Waals surface area contributed by atoms with Gasteiger partial charge in [0.15, 0.2) is 6.10 Å². The van der Waals surface area contributed by atoms with Gasteiger partial charge in [-0.05, 0) is 60.8 Å². The van der Waals surface area contributed by atoms with Gasteiger partial charge in [0.05, 0.1) is 54.5 Å². The third-order valence-electron chi connectivity index (χ3n) is 15.2. The van der Waals surface area contributed by atoms with Crippen LogP contribution in [0.2, 0.25) is 0 Å². The largest absolute Gasteiger partial charge is 0.479 e. The molecule has 24 heteroatoms. The van der Waals surface area contributed by atoms with Crippen molar-refractivity contribution < 1.29 is 82.8 Å². The average Bonchev–Trinajstić information content (AvgIpc) is 3.91. The lowest BCUT2D eigenvalue weighted by Crippen LogP contribution is -2.61. The Balaban J connectivity index is 1.47. The van der Waals surface area contributed by atoms with Gasteiger partial charge in [-0.1, -0.05) is 91.3 Å². The lowest BCUT2D eigenvalue weighted by atomic mass is 9.89. The number of rotatable bonds is 28. The highest BCUT2D eigenvalue weighted by molar-refractivity contribution is 5.93. The van der Waals surface area contributed by atoms with E-state index in [0.29, 0.717) is 36.9 Å². The van der Waals surface area contributed by atoms with E-state index in [1.807, 2.05) is 32.0 Å². The van der Waals surface area contributed by atoms with E-state index in [1.165, 1.54) is 44.4 Å². The highest BCUT2D eigenvalue weighted by atomic mass is 16.7. The van der Waals surface area contributed by atoms with Crippen LogP contribution in [0.5, 0.6) is 5.75 Å². The van der Waals surface area contributed by atoms with Crippen LogP contribution in [0, 0.1) is 23.7 Å². The third-order valence-corrected chi connectivity index (χ3v) is 15.2. The number of amides is 6. The third kappa shape index (κ3) is 16.8. The minimum atomic E-state index is -1.97. The van der Waals surface area contributed by atoms with Gasteiger partial charge in [0.25, 0.3) is 0 Å². The molecule has 15 atom stereocenters. The predicted molar refractivity (Wildman–Crippen MR) is 292 cm³/mol. The number of ether oxygens (including phenoxy) is 5. The maximum absolute atomic E-state index is 14.7. The summed E-state index contributed by atoms with van der Waals surface area (Å²) in [7, 11) is 5.97. The molecule has 0 radical (unpaired) electrons. The highest BCUT2D eigenvalue weighted by Gasteiger charge is 2.49. The second kappa shape index (κ2) is 30.7. The number of carbonyl (C=O) groups is 7. The van der Waals surface area contributed by atoms with Crippen molar-refractivity contribution in [3.8, 4) is 5.75 Å². The van der Waals surface area contributed by atoms with Crippen LogP contribution in [0.1, 0.15) is 105 Å². The van der Waals surface area contributed by atoms with Crippen molar-refractivity contribution in [3.63, 3.8) is 0 Å². The van der Waals surface area contributed by atoms with E-state index < -0.39 is 133 Å². The van der Waals surface area contributed by atoms with E-state index in [9.17, 15) is 59.1 Å². The molecule has 0 aliphatic carbocycles. The van der Waals surface area contributed by atoms with Crippen molar-refractivity contribution in [1.82, 2.24) is 25.3 Å². The Morgan fingerprint density at radius 3 is 2.09 bits per heavy atom. The number of methoxy groups -OCH3 is 2. The number of carboxylic acid groups (broad SMARTS) is 1. The van der Waals surface area contributed by atoms with Gasteiger partial charge < -0.3 is 80.7 Å². The number of likely N-dealkylation sites (tertiary alicyclic amines) is 1. The number of aliphatic carboxylic acids is 1. The molecular formula is C56H87N7O17. The number of aliphatic hydroxyl groups excluding tert-OH is 4. The number of hydrogen-bond donors (Lipinski definition) is 9. The standard InChI is InChI=1S/C56H87N7O17/c1-13-31(6)44(39(76-11)27-41(65)63-25-17-20-37(63)49(77-12)32(7)51(70)58-33(8)45(66)35-18-15-14-16-19-35)61(9)53(72)42(29(2)3)60-52(71)43(30(4)5)62(10)56(75)78-28-34-21-22-38(36(26-34)59-40(64)23-24-57)79-55-48(69)46(67)47(68)50(80-55)54(73)74/h14-16,18-19,21-22,26,29-33,37,39,42-50,55,66-69H,13,17,20,23-25,27-28,57H2,1-12H3,(H,58,70)(H,59,64)(H,60,71)(H,73,74)/t31-,32+,33+,37-,39+,42-,43-,44-,45+,46?,47?,48?,49+,50?,55?/m0/s1. The zero-order valence-corrected chi connectivity index (χ0v) is 48.1. The minimum Gasteiger partial charge on any atom is -0.479 e. The molecule has 2 heterocycles. The first-order valence-electron chi connectivity index (χ1n) is 27.3. The van der Waals surface area contributed by atoms with Crippen LogP contribution in [0.25, 0.3) is 0 Å². The number of nitrogens with zero attached hydrogens (tertiary/aromatic N) is 3. The first-order chi connectivity index (χ1) is 37.7. The normalized spacial score (nSPS) is 22.6. The number of carboxylic acids is 1. The first kappa shape index (κ1) is 66.5. The first-order valence-corrected chi connectivity index (χ1v) is 27.3. The molecule has 80 heavy (non-hydrogen) atoms. The molecular weight excluding hydrogens is 1040 g/mol. The van der Waals surface area contributed by atoms with Gasteiger partial charge in [0.1, 0.15) is 42.8 Å². The Hall–Kier alpha value is -5.99. The smallest absolute Gasteiger partial charge is 0.410 e. The van der Waals surface area contributed by atoms with E-state index in [1.54, 1.807) is 65.6 Å². The monoisotopic (exact) mass is 1130 g/mol. The zero-order valence-electron chi connectivity index (χ0n) is 48.1. The van der Waals surface area contributed by atoms with E-state index in [-0.39, 0.29) is 48.6 Å². The van der Waals surface area contributed by atoms with Crippen LogP contribution < -0.4 is 26.4 Å². The van der Waals surface area contributed by atoms with E-state index in [0.717, 1.165) is 4.90 Å². The Labute approximate surface area is 468 Å². The summed E-state index contributed by atoms with van der Waals surface area (Å²) >= 11 is 0. The van der Waals surface area contributed by atoms with E-state index in [4.69, 9.17) is 29.4 Å². The second-order valence-electron chi connectivity index (χ2n) is 21.6. The van der Waals surface area contributed by atoms with Gasteiger partial charge in [-0.25, -0.2) is 9.59 Å². The summed E-state index contributed by atoms with van der Waals surface area (Å²) in [6.45, 7) is 14.4. The summed E-state index contributed by atoms with van der Waals surface area (Å²) in [5.41, 5.74) is 6.50. The topological polar surface area (TPSA) is 339 Å². The molecule has 0 spiro atoms. The van der Waals surface area contributed by atoms with Crippen molar-refractivity contribution in [2.45, 2.75) is 173 Å². The van der Waals surface area contributed by atoms with Crippen LogP contribution >= 0.6 is 0 Å². The van der Waals surface area contributed by atoms with Gasteiger partial charge in [-0.2, -0.15) is 0 Å².